The molecule has 0 fully saturated rings. The molecule has 3 amide bonds. The fourth-order valence-corrected chi connectivity index (χ4v) is 3.70. The van der Waals surface area contributed by atoms with Crippen LogP contribution in [0.15, 0.2) is 36.4 Å². The number of carbonyl (C=O) groups is 3. The molecular weight excluding hydrogens is 421 g/mol. The molecule has 2 unspecified atom stereocenters. The smallest absolute Gasteiger partial charge is 0.246 e. The highest BCUT2D eigenvalue weighted by Crippen LogP contribution is 2.33. The Labute approximate surface area is 178 Å². The Morgan fingerprint density at radius 1 is 1.32 bits per heavy atom. The van der Waals surface area contributed by atoms with Crippen LogP contribution in [0.4, 0.5) is 0 Å². The lowest BCUT2D eigenvalue weighted by molar-refractivity contribution is -0.151. The van der Waals surface area contributed by atoms with E-state index >= 15 is 0 Å². The number of nitrogens with zero attached hydrogens (tertiary/aromatic N) is 1. The molecule has 1 aliphatic heterocycles. The Balaban J connectivity index is 2.35. The van der Waals surface area contributed by atoms with Gasteiger partial charge in [0.25, 0.3) is 0 Å². The monoisotopic (exact) mass is 443 g/mol. The normalized spacial score (nSPS) is 21.6. The number of thioether (sulfide) groups is 1. The van der Waals surface area contributed by atoms with Gasteiger partial charge < -0.3 is 16.0 Å². The van der Waals surface area contributed by atoms with Gasteiger partial charge in [-0.25, -0.2) is 0 Å². The number of nitrogens with two attached hydrogens (primary N) is 1. The van der Waals surface area contributed by atoms with E-state index in [-0.39, 0.29) is 24.8 Å². The number of hydrogen-bond donors (Lipinski definition) is 2. The van der Waals surface area contributed by atoms with Gasteiger partial charge in [-0.3, -0.25) is 14.4 Å². The molecule has 0 radical (unpaired) electrons. The second-order valence-corrected chi connectivity index (χ2v) is 8.21. The molecule has 6 nitrogen and oxygen atoms in total. The maximum atomic E-state index is 13.3. The molecule has 0 spiro atoms. The molecule has 9 heteroatoms. The van der Waals surface area contributed by atoms with E-state index < -0.39 is 23.3 Å². The lowest BCUT2D eigenvalue weighted by Crippen LogP contribution is -2.60. The van der Waals surface area contributed by atoms with E-state index in [2.05, 4.69) is 5.32 Å². The number of halogens is 2. The van der Waals surface area contributed by atoms with Gasteiger partial charge >= 0.3 is 0 Å². The first-order valence-electron chi connectivity index (χ1n) is 8.73. The fraction of sp³-hybridized carbons (Fsp3) is 0.421. The third-order valence-corrected chi connectivity index (χ3v) is 5.61. The summed E-state index contributed by atoms with van der Waals surface area (Å²) in [4.78, 5) is 39.5. The third kappa shape index (κ3) is 5.01. The molecule has 1 heterocycles. The number of amides is 3. The summed E-state index contributed by atoms with van der Waals surface area (Å²) in [5, 5.41) is 3.35. The Morgan fingerprint density at radius 3 is 2.57 bits per heavy atom. The lowest BCUT2D eigenvalue weighted by Gasteiger charge is -2.40. The van der Waals surface area contributed by atoms with Crippen molar-refractivity contribution >= 4 is 52.7 Å². The van der Waals surface area contributed by atoms with Crippen molar-refractivity contribution in [1.29, 1.82) is 0 Å². The lowest BCUT2D eigenvalue weighted by atomic mass is 9.76. The van der Waals surface area contributed by atoms with Crippen LogP contribution in [0.5, 0.6) is 0 Å². The molecule has 0 saturated heterocycles. The Kier molecular flexibility index (Phi) is 8.22. The van der Waals surface area contributed by atoms with E-state index in [1.54, 1.807) is 42.1 Å². The van der Waals surface area contributed by atoms with E-state index in [0.29, 0.717) is 11.6 Å². The molecule has 2 atom stereocenters. The van der Waals surface area contributed by atoms with Gasteiger partial charge in [0.05, 0.1) is 0 Å². The number of alkyl halides is 1. The number of benzene rings is 1. The van der Waals surface area contributed by atoms with E-state index in [1.165, 1.54) is 11.0 Å². The summed E-state index contributed by atoms with van der Waals surface area (Å²) in [6.07, 6.45) is 5.03. The van der Waals surface area contributed by atoms with Crippen LogP contribution in [0, 0.1) is 5.41 Å². The van der Waals surface area contributed by atoms with Crippen molar-refractivity contribution in [2.45, 2.75) is 12.5 Å². The van der Waals surface area contributed by atoms with Gasteiger partial charge in [-0.05, 0) is 30.4 Å². The van der Waals surface area contributed by atoms with Crippen LogP contribution in [-0.2, 0) is 20.8 Å². The van der Waals surface area contributed by atoms with Gasteiger partial charge in [0.15, 0.2) is 0 Å². The zero-order valence-corrected chi connectivity index (χ0v) is 17.8. The van der Waals surface area contributed by atoms with Crippen molar-refractivity contribution in [3.05, 3.63) is 47.0 Å². The first-order chi connectivity index (χ1) is 13.4. The average Bonchev–Trinajstić information content (AvgIpc) is 2.66. The summed E-state index contributed by atoms with van der Waals surface area (Å²) in [5.74, 6) is -0.724. The minimum atomic E-state index is -1.57. The Hall–Kier alpha value is -1.70. The van der Waals surface area contributed by atoms with Gasteiger partial charge in [0.2, 0.25) is 17.7 Å². The van der Waals surface area contributed by atoms with Crippen molar-refractivity contribution < 1.29 is 14.4 Å². The zero-order chi connectivity index (χ0) is 20.7. The number of carbonyl (C=O) groups excluding carboxylic acids is 3. The largest absolute Gasteiger partial charge is 0.368 e. The zero-order valence-electron chi connectivity index (χ0n) is 15.5. The van der Waals surface area contributed by atoms with Crippen LogP contribution in [-0.4, -0.2) is 59.6 Å². The van der Waals surface area contributed by atoms with E-state index in [4.69, 9.17) is 28.9 Å². The van der Waals surface area contributed by atoms with Crippen LogP contribution in [0.1, 0.15) is 5.56 Å². The Morgan fingerprint density at radius 2 is 2.00 bits per heavy atom. The predicted octanol–water partition coefficient (Wildman–Crippen LogP) is 1.84. The number of hydrogen-bond acceptors (Lipinski definition) is 4. The highest BCUT2D eigenvalue weighted by atomic mass is 35.5. The average molecular weight is 444 g/mol. The molecule has 0 aromatic heterocycles. The fourth-order valence-electron chi connectivity index (χ4n) is 3.09. The highest BCUT2D eigenvalue weighted by molar-refractivity contribution is 7.98. The number of nitrogens with one attached hydrogen (secondary N) is 1. The maximum Gasteiger partial charge on any atom is 0.246 e. The summed E-state index contributed by atoms with van der Waals surface area (Å²) < 4.78 is 0. The SMILES string of the molecule is CSCCNC(=O)C1C=CC(Cc2ccc(Cl)cc2)(C(N)=O)C(=O)N1CCCl. The summed E-state index contributed by atoms with van der Waals surface area (Å²) in [7, 11) is 0. The van der Waals surface area contributed by atoms with E-state index in [0.717, 1.165) is 11.3 Å². The topological polar surface area (TPSA) is 92.5 Å². The van der Waals surface area contributed by atoms with Gasteiger partial charge in [0, 0.05) is 29.7 Å². The van der Waals surface area contributed by atoms with Gasteiger partial charge in [-0.2, -0.15) is 11.8 Å². The summed E-state index contributed by atoms with van der Waals surface area (Å²) in [6, 6.07) is 6.01. The maximum absolute atomic E-state index is 13.3. The van der Waals surface area contributed by atoms with Gasteiger partial charge in [-0.1, -0.05) is 35.9 Å². The van der Waals surface area contributed by atoms with Crippen LogP contribution in [0.3, 0.4) is 0 Å². The van der Waals surface area contributed by atoms with Crippen LogP contribution < -0.4 is 11.1 Å². The molecule has 3 N–H and O–H groups in total. The second kappa shape index (κ2) is 10.2. The van der Waals surface area contributed by atoms with Crippen LogP contribution >= 0.6 is 35.0 Å². The standard InChI is InChI=1S/C19H23Cl2N3O3S/c1-28-11-9-23-16(25)15-6-7-19(17(22)26,18(27)24(15)10-8-20)12-13-2-4-14(21)5-3-13/h2-7,15H,8-12H2,1H3,(H2,22,26)(H,23,25). The first kappa shape index (κ1) is 22.6. The summed E-state index contributed by atoms with van der Waals surface area (Å²) >= 11 is 13.4. The summed E-state index contributed by atoms with van der Waals surface area (Å²) in [5.41, 5.74) is 4.81. The van der Waals surface area contributed by atoms with Crippen LogP contribution in [0.25, 0.3) is 0 Å². The molecule has 28 heavy (non-hydrogen) atoms. The first-order valence-corrected chi connectivity index (χ1v) is 11.0. The summed E-state index contributed by atoms with van der Waals surface area (Å²) in [6.45, 7) is 0.611. The molecule has 2 rings (SSSR count). The van der Waals surface area contributed by atoms with Crippen molar-refractivity contribution in [2.75, 3.05) is 31.0 Å². The molecule has 152 valence electrons. The molecular formula is C19H23Cl2N3O3S. The van der Waals surface area contributed by atoms with E-state index in [1.807, 2.05) is 6.26 Å². The minimum Gasteiger partial charge on any atom is -0.368 e. The predicted molar refractivity (Wildman–Crippen MR) is 114 cm³/mol. The van der Waals surface area contributed by atoms with Gasteiger partial charge in [0.1, 0.15) is 11.5 Å². The third-order valence-electron chi connectivity index (χ3n) is 4.58. The molecule has 0 aliphatic carbocycles. The van der Waals surface area contributed by atoms with Crippen molar-refractivity contribution in [3.8, 4) is 0 Å². The quantitative estimate of drug-likeness (QED) is 0.263. The molecule has 1 aliphatic rings. The van der Waals surface area contributed by atoms with Crippen LogP contribution in [0.2, 0.25) is 5.02 Å². The second-order valence-electron chi connectivity index (χ2n) is 6.41. The van der Waals surface area contributed by atoms with E-state index in [9.17, 15) is 14.4 Å². The minimum absolute atomic E-state index is 0.0778. The van der Waals surface area contributed by atoms with Gasteiger partial charge in [-0.15, -0.1) is 11.6 Å². The molecule has 1 aromatic rings. The highest BCUT2D eigenvalue weighted by Gasteiger charge is 2.49. The molecule has 1 aromatic carbocycles. The number of rotatable bonds is 9. The van der Waals surface area contributed by atoms with Crippen molar-refractivity contribution in [3.63, 3.8) is 0 Å². The van der Waals surface area contributed by atoms with Crippen molar-refractivity contribution in [2.24, 2.45) is 11.1 Å². The van der Waals surface area contributed by atoms with Crippen molar-refractivity contribution in [1.82, 2.24) is 10.2 Å². The number of primary amides is 1. The molecule has 0 bridgehead atoms. The molecule has 0 saturated carbocycles. The Bertz CT molecular complexity index is 757.